The molecule has 0 saturated heterocycles. The fourth-order valence-electron chi connectivity index (χ4n) is 2.74. The number of carbonyl (C=O) groups is 2. The number of amides is 2. The minimum Gasteiger partial charge on any atom is -0.376 e. The molecule has 0 fully saturated rings. The van der Waals surface area contributed by atoms with Crippen molar-refractivity contribution in [2.75, 3.05) is 11.9 Å². The molecule has 0 aliphatic heterocycles. The molecule has 0 aliphatic carbocycles. The molecule has 0 saturated carbocycles. The quantitative estimate of drug-likeness (QED) is 0.558. The highest BCUT2D eigenvalue weighted by molar-refractivity contribution is 7.17. The average molecular weight is 412 g/mol. The Morgan fingerprint density at radius 1 is 1.03 bits per heavy atom. The number of aryl methyl sites for hydroxylation is 3. The van der Waals surface area contributed by atoms with E-state index in [0.717, 1.165) is 22.4 Å². The molecular formula is C21H21FN4O2S. The average Bonchev–Trinajstić information content (AvgIpc) is 3.07. The third-order valence-electron chi connectivity index (χ3n) is 4.23. The van der Waals surface area contributed by atoms with Crippen LogP contribution in [0, 0.1) is 26.6 Å². The molecule has 3 rings (SSSR count). The second-order valence-electron chi connectivity index (χ2n) is 6.61. The van der Waals surface area contributed by atoms with Crippen molar-refractivity contribution in [3.05, 3.63) is 70.0 Å². The largest absolute Gasteiger partial charge is 0.376 e. The van der Waals surface area contributed by atoms with Gasteiger partial charge in [0, 0.05) is 11.3 Å². The lowest BCUT2D eigenvalue weighted by Gasteiger charge is -2.11. The van der Waals surface area contributed by atoms with Gasteiger partial charge >= 0.3 is 0 Å². The molecule has 6 nitrogen and oxygen atoms in total. The molecule has 1 heterocycles. The van der Waals surface area contributed by atoms with Gasteiger partial charge in [-0.15, -0.1) is 11.3 Å². The van der Waals surface area contributed by atoms with Crippen LogP contribution in [0.2, 0.25) is 0 Å². The van der Waals surface area contributed by atoms with Crippen LogP contribution in [-0.2, 0) is 4.79 Å². The maximum Gasteiger partial charge on any atom is 0.281 e. The summed E-state index contributed by atoms with van der Waals surface area (Å²) in [6.45, 7) is 5.69. The van der Waals surface area contributed by atoms with E-state index in [2.05, 4.69) is 21.2 Å². The molecule has 3 aromatic rings. The Morgan fingerprint density at radius 2 is 1.76 bits per heavy atom. The van der Waals surface area contributed by atoms with Gasteiger partial charge < -0.3 is 5.32 Å². The molecule has 0 radical (unpaired) electrons. The van der Waals surface area contributed by atoms with Gasteiger partial charge in [0.15, 0.2) is 0 Å². The Kier molecular flexibility index (Phi) is 6.23. The van der Waals surface area contributed by atoms with Crippen molar-refractivity contribution in [1.29, 1.82) is 0 Å². The summed E-state index contributed by atoms with van der Waals surface area (Å²) in [6, 6.07) is 11.8. The SMILES string of the molecule is Cc1ccc(NCC(=O)NNC(=O)c2sc(-c3ccc(F)cc3)nc2C)c(C)c1. The van der Waals surface area contributed by atoms with Gasteiger partial charge in [0.25, 0.3) is 11.8 Å². The van der Waals surface area contributed by atoms with Crippen LogP contribution in [-0.4, -0.2) is 23.3 Å². The monoisotopic (exact) mass is 412 g/mol. The number of thiazole rings is 1. The van der Waals surface area contributed by atoms with Crippen molar-refractivity contribution in [1.82, 2.24) is 15.8 Å². The van der Waals surface area contributed by atoms with E-state index in [4.69, 9.17) is 0 Å². The molecular weight excluding hydrogens is 391 g/mol. The Morgan fingerprint density at radius 3 is 2.45 bits per heavy atom. The van der Waals surface area contributed by atoms with Gasteiger partial charge in [0.1, 0.15) is 15.7 Å². The Bertz CT molecular complexity index is 1050. The molecule has 0 spiro atoms. The highest BCUT2D eigenvalue weighted by Gasteiger charge is 2.17. The summed E-state index contributed by atoms with van der Waals surface area (Å²) >= 11 is 1.18. The number of rotatable bonds is 5. The first-order valence-corrected chi connectivity index (χ1v) is 9.79. The maximum atomic E-state index is 13.1. The molecule has 0 aliphatic rings. The summed E-state index contributed by atoms with van der Waals surface area (Å²) in [5, 5.41) is 3.65. The summed E-state index contributed by atoms with van der Waals surface area (Å²) in [5.74, 6) is -1.16. The van der Waals surface area contributed by atoms with Crippen molar-refractivity contribution in [3.63, 3.8) is 0 Å². The van der Waals surface area contributed by atoms with Crippen LogP contribution >= 0.6 is 11.3 Å². The summed E-state index contributed by atoms with van der Waals surface area (Å²) in [4.78, 5) is 29.2. The molecule has 2 amide bonds. The van der Waals surface area contributed by atoms with Crippen molar-refractivity contribution in [2.45, 2.75) is 20.8 Å². The van der Waals surface area contributed by atoms with Crippen LogP contribution in [0.15, 0.2) is 42.5 Å². The standard InChI is InChI=1S/C21H21FN4O2S/c1-12-4-9-17(13(2)10-12)23-11-18(27)25-26-20(28)19-14(3)24-21(29-19)15-5-7-16(22)8-6-15/h4-10,23H,11H2,1-3H3,(H,25,27)(H,26,28). The first-order valence-electron chi connectivity index (χ1n) is 8.97. The zero-order valence-electron chi connectivity index (χ0n) is 16.3. The van der Waals surface area contributed by atoms with Crippen molar-refractivity contribution in [2.24, 2.45) is 0 Å². The number of hydrazine groups is 1. The van der Waals surface area contributed by atoms with Gasteiger partial charge in [-0.1, -0.05) is 17.7 Å². The Hall–Kier alpha value is -3.26. The maximum absolute atomic E-state index is 13.1. The fraction of sp³-hybridized carbons (Fsp3) is 0.190. The summed E-state index contributed by atoms with van der Waals surface area (Å²) in [6.07, 6.45) is 0. The number of hydrogen-bond donors (Lipinski definition) is 3. The lowest BCUT2D eigenvalue weighted by molar-refractivity contribution is -0.120. The van der Waals surface area contributed by atoms with E-state index in [1.165, 1.54) is 23.5 Å². The van der Waals surface area contributed by atoms with E-state index in [9.17, 15) is 14.0 Å². The van der Waals surface area contributed by atoms with Crippen LogP contribution in [0.1, 0.15) is 26.5 Å². The van der Waals surface area contributed by atoms with Crippen LogP contribution in [0.5, 0.6) is 0 Å². The van der Waals surface area contributed by atoms with Gasteiger partial charge in [0.2, 0.25) is 0 Å². The fourth-order valence-corrected chi connectivity index (χ4v) is 3.70. The van der Waals surface area contributed by atoms with Crippen LogP contribution < -0.4 is 16.2 Å². The van der Waals surface area contributed by atoms with E-state index < -0.39 is 5.91 Å². The van der Waals surface area contributed by atoms with Gasteiger partial charge in [-0.05, 0) is 56.7 Å². The van der Waals surface area contributed by atoms with Crippen molar-refractivity contribution < 1.29 is 14.0 Å². The second kappa shape index (κ2) is 8.83. The predicted molar refractivity (Wildman–Crippen MR) is 112 cm³/mol. The van der Waals surface area contributed by atoms with Crippen LogP contribution in [0.3, 0.4) is 0 Å². The zero-order chi connectivity index (χ0) is 21.0. The van der Waals surface area contributed by atoms with Gasteiger partial charge in [0.05, 0.1) is 12.2 Å². The lowest BCUT2D eigenvalue weighted by atomic mass is 10.1. The normalized spacial score (nSPS) is 10.5. The number of carbonyl (C=O) groups excluding carboxylic acids is 2. The lowest BCUT2D eigenvalue weighted by Crippen LogP contribution is -2.44. The number of nitrogens with zero attached hydrogens (tertiary/aromatic N) is 1. The number of halogens is 1. The molecule has 1 aromatic heterocycles. The van der Waals surface area contributed by atoms with E-state index in [-0.39, 0.29) is 18.3 Å². The highest BCUT2D eigenvalue weighted by atomic mass is 32.1. The molecule has 0 unspecified atom stereocenters. The van der Waals surface area contributed by atoms with Crippen LogP contribution in [0.4, 0.5) is 10.1 Å². The number of hydrogen-bond acceptors (Lipinski definition) is 5. The minimum atomic E-state index is -0.451. The third kappa shape index (κ3) is 5.17. The Labute approximate surface area is 172 Å². The van der Waals surface area contributed by atoms with Gasteiger partial charge in [-0.2, -0.15) is 0 Å². The van der Waals surface area contributed by atoms with Crippen molar-refractivity contribution in [3.8, 4) is 10.6 Å². The summed E-state index contributed by atoms with van der Waals surface area (Å²) < 4.78 is 13.1. The van der Waals surface area contributed by atoms with Crippen molar-refractivity contribution >= 4 is 28.8 Å². The summed E-state index contributed by atoms with van der Waals surface area (Å²) in [5.41, 5.74) is 9.10. The first kappa shape index (κ1) is 20.5. The Balaban J connectivity index is 1.56. The second-order valence-corrected chi connectivity index (χ2v) is 7.61. The predicted octanol–water partition coefficient (Wildman–Crippen LogP) is 3.75. The summed E-state index contributed by atoms with van der Waals surface area (Å²) in [7, 11) is 0. The topological polar surface area (TPSA) is 83.1 Å². The number of aromatic nitrogens is 1. The van der Waals surface area contributed by atoms with E-state index >= 15 is 0 Å². The van der Waals surface area contributed by atoms with E-state index in [1.54, 1.807) is 19.1 Å². The molecule has 150 valence electrons. The minimum absolute atomic E-state index is 0.0205. The highest BCUT2D eigenvalue weighted by Crippen LogP contribution is 2.27. The zero-order valence-corrected chi connectivity index (χ0v) is 17.1. The molecule has 0 bridgehead atoms. The number of anilines is 1. The third-order valence-corrected chi connectivity index (χ3v) is 5.44. The first-order chi connectivity index (χ1) is 13.8. The van der Waals surface area contributed by atoms with Gasteiger partial charge in [-0.3, -0.25) is 20.4 Å². The van der Waals surface area contributed by atoms with E-state index in [0.29, 0.717) is 15.6 Å². The molecule has 3 N–H and O–H groups in total. The number of benzene rings is 2. The molecule has 0 atom stereocenters. The molecule has 29 heavy (non-hydrogen) atoms. The smallest absolute Gasteiger partial charge is 0.281 e. The van der Waals surface area contributed by atoms with Crippen LogP contribution in [0.25, 0.3) is 10.6 Å². The molecule has 2 aromatic carbocycles. The van der Waals surface area contributed by atoms with Gasteiger partial charge in [-0.25, -0.2) is 9.37 Å². The van der Waals surface area contributed by atoms with E-state index in [1.807, 2.05) is 32.0 Å². The number of nitrogens with one attached hydrogen (secondary N) is 3. The molecule has 8 heteroatoms.